The second kappa shape index (κ2) is 7.52. The number of esters is 1. The summed E-state index contributed by atoms with van der Waals surface area (Å²) >= 11 is 7.74. The molecule has 0 heterocycles. The van der Waals surface area contributed by atoms with Gasteiger partial charge in [-0.2, -0.15) is 11.8 Å². The van der Waals surface area contributed by atoms with Crippen molar-refractivity contribution in [1.82, 2.24) is 0 Å². The lowest BCUT2D eigenvalue weighted by atomic mass is 9.86. The van der Waals surface area contributed by atoms with E-state index < -0.39 is 5.54 Å². The van der Waals surface area contributed by atoms with Gasteiger partial charge in [0.15, 0.2) is 0 Å². The lowest BCUT2D eigenvalue weighted by Crippen LogP contribution is -2.51. The fraction of sp³-hybridized carbons (Fsp3) is 0.562. The van der Waals surface area contributed by atoms with Gasteiger partial charge in [-0.15, -0.1) is 0 Å². The topological polar surface area (TPSA) is 52.3 Å². The molecule has 0 aliphatic heterocycles. The molecule has 1 aromatic carbocycles. The summed E-state index contributed by atoms with van der Waals surface area (Å²) in [7, 11) is 1.42. The van der Waals surface area contributed by atoms with Gasteiger partial charge in [-0.3, -0.25) is 4.79 Å². The molecule has 2 rings (SSSR count). The zero-order valence-electron chi connectivity index (χ0n) is 12.3. The number of carbonyl (C=O) groups excluding carboxylic acids is 1. The summed E-state index contributed by atoms with van der Waals surface area (Å²) in [6, 6.07) is 7.92. The van der Waals surface area contributed by atoms with Crippen LogP contribution in [0.4, 0.5) is 0 Å². The molecule has 0 amide bonds. The maximum Gasteiger partial charge on any atom is 0.326 e. The maximum atomic E-state index is 11.9. The summed E-state index contributed by atoms with van der Waals surface area (Å²) in [6.45, 7) is 0. The Balaban J connectivity index is 1.77. The van der Waals surface area contributed by atoms with Gasteiger partial charge in [-0.25, -0.2) is 0 Å². The monoisotopic (exact) mass is 327 g/mol. The van der Waals surface area contributed by atoms with Crippen molar-refractivity contribution in [2.45, 2.75) is 37.0 Å². The van der Waals surface area contributed by atoms with Crippen LogP contribution in [0.1, 0.15) is 31.2 Å². The third-order valence-electron chi connectivity index (χ3n) is 4.23. The fourth-order valence-electron chi connectivity index (χ4n) is 2.96. The van der Waals surface area contributed by atoms with Crippen LogP contribution in [0.5, 0.6) is 0 Å². The normalized spacial score (nSPS) is 25.0. The predicted molar refractivity (Wildman–Crippen MR) is 88.5 cm³/mol. The molecule has 0 spiro atoms. The average Bonchev–Trinajstić information content (AvgIpc) is 2.87. The Labute approximate surface area is 135 Å². The second-order valence-electron chi connectivity index (χ2n) is 5.59. The highest BCUT2D eigenvalue weighted by molar-refractivity contribution is 7.98. The zero-order valence-corrected chi connectivity index (χ0v) is 13.9. The van der Waals surface area contributed by atoms with Crippen molar-refractivity contribution >= 4 is 29.3 Å². The minimum Gasteiger partial charge on any atom is -0.468 e. The number of carbonyl (C=O) groups is 1. The molecule has 2 N–H and O–H groups in total. The number of halogens is 1. The Bertz CT molecular complexity index is 480. The predicted octanol–water partition coefficient (Wildman–Crippen LogP) is 3.63. The van der Waals surface area contributed by atoms with E-state index in [2.05, 4.69) is 0 Å². The minimum atomic E-state index is -0.768. The van der Waals surface area contributed by atoms with Gasteiger partial charge in [0.2, 0.25) is 0 Å². The molecular formula is C16H22ClNO2S. The molecular weight excluding hydrogens is 306 g/mol. The molecule has 116 valence electrons. The first kappa shape index (κ1) is 16.7. The van der Waals surface area contributed by atoms with Crippen molar-refractivity contribution in [3.63, 3.8) is 0 Å². The van der Waals surface area contributed by atoms with E-state index >= 15 is 0 Å². The molecule has 2 atom stereocenters. The van der Waals surface area contributed by atoms with Crippen LogP contribution in [0.25, 0.3) is 0 Å². The molecule has 5 heteroatoms. The van der Waals surface area contributed by atoms with E-state index in [0.717, 1.165) is 42.2 Å². The lowest BCUT2D eigenvalue weighted by Gasteiger charge is -2.28. The van der Waals surface area contributed by atoms with Crippen LogP contribution in [0.3, 0.4) is 0 Å². The van der Waals surface area contributed by atoms with Gasteiger partial charge in [-0.05, 0) is 48.6 Å². The van der Waals surface area contributed by atoms with E-state index in [9.17, 15) is 4.79 Å². The first-order valence-electron chi connectivity index (χ1n) is 7.26. The largest absolute Gasteiger partial charge is 0.468 e. The molecule has 1 aromatic rings. The SMILES string of the molecule is COC(=O)C1(N)CCCC1CCSCc1ccc(Cl)cc1. The molecule has 3 nitrogen and oxygen atoms in total. The molecule has 1 aliphatic rings. The molecule has 1 saturated carbocycles. The Morgan fingerprint density at radius 2 is 2.19 bits per heavy atom. The van der Waals surface area contributed by atoms with Gasteiger partial charge in [0.05, 0.1) is 7.11 Å². The Kier molecular flexibility index (Phi) is 5.97. The van der Waals surface area contributed by atoms with Crippen LogP contribution in [-0.4, -0.2) is 24.4 Å². The van der Waals surface area contributed by atoms with Gasteiger partial charge in [0.1, 0.15) is 5.54 Å². The zero-order chi connectivity index (χ0) is 15.3. The van der Waals surface area contributed by atoms with Crippen molar-refractivity contribution in [3.8, 4) is 0 Å². The number of methoxy groups -OCH3 is 1. The summed E-state index contributed by atoms with van der Waals surface area (Å²) < 4.78 is 4.87. The molecule has 0 saturated heterocycles. The highest BCUT2D eigenvalue weighted by Crippen LogP contribution is 2.37. The summed E-state index contributed by atoms with van der Waals surface area (Å²) in [5, 5.41) is 0.765. The Hall–Kier alpha value is -0.710. The summed E-state index contributed by atoms with van der Waals surface area (Å²) in [6.07, 6.45) is 3.74. The fourth-order valence-corrected chi connectivity index (χ4v) is 4.11. The van der Waals surface area contributed by atoms with E-state index in [1.54, 1.807) is 0 Å². The molecule has 2 unspecified atom stereocenters. The van der Waals surface area contributed by atoms with Gasteiger partial charge < -0.3 is 10.5 Å². The third kappa shape index (κ3) is 4.15. The number of nitrogens with two attached hydrogens (primary N) is 1. The van der Waals surface area contributed by atoms with Crippen LogP contribution >= 0.6 is 23.4 Å². The van der Waals surface area contributed by atoms with Gasteiger partial charge in [0, 0.05) is 10.8 Å². The number of ether oxygens (including phenoxy) is 1. The number of rotatable bonds is 6. The lowest BCUT2D eigenvalue weighted by molar-refractivity contribution is -0.148. The average molecular weight is 328 g/mol. The van der Waals surface area contributed by atoms with E-state index in [1.165, 1.54) is 12.7 Å². The minimum absolute atomic E-state index is 0.239. The van der Waals surface area contributed by atoms with Crippen molar-refractivity contribution in [1.29, 1.82) is 0 Å². The summed E-state index contributed by atoms with van der Waals surface area (Å²) in [5.41, 5.74) is 6.77. The summed E-state index contributed by atoms with van der Waals surface area (Å²) in [5.74, 6) is 1.94. The third-order valence-corrected chi connectivity index (χ3v) is 5.54. The highest BCUT2D eigenvalue weighted by Gasteiger charge is 2.46. The van der Waals surface area contributed by atoms with Crippen molar-refractivity contribution < 1.29 is 9.53 Å². The molecule has 0 aromatic heterocycles. The van der Waals surface area contributed by atoms with Crippen LogP contribution in [0.2, 0.25) is 5.02 Å². The number of hydrogen-bond donors (Lipinski definition) is 1. The number of benzene rings is 1. The molecule has 1 fully saturated rings. The van der Waals surface area contributed by atoms with Crippen LogP contribution in [0, 0.1) is 5.92 Å². The second-order valence-corrected chi connectivity index (χ2v) is 7.13. The van der Waals surface area contributed by atoms with Gasteiger partial charge in [0.25, 0.3) is 0 Å². The van der Waals surface area contributed by atoms with Crippen molar-refractivity contribution in [2.75, 3.05) is 12.9 Å². The molecule has 0 bridgehead atoms. The summed E-state index contributed by atoms with van der Waals surface area (Å²) in [4.78, 5) is 11.9. The van der Waals surface area contributed by atoms with Crippen LogP contribution in [-0.2, 0) is 15.3 Å². The van der Waals surface area contributed by atoms with Crippen molar-refractivity contribution in [2.24, 2.45) is 11.7 Å². The van der Waals surface area contributed by atoms with E-state index in [4.69, 9.17) is 22.1 Å². The molecule has 0 radical (unpaired) electrons. The first-order chi connectivity index (χ1) is 10.1. The van der Waals surface area contributed by atoms with Crippen LogP contribution < -0.4 is 5.73 Å². The molecule has 1 aliphatic carbocycles. The highest BCUT2D eigenvalue weighted by atomic mass is 35.5. The number of hydrogen-bond acceptors (Lipinski definition) is 4. The van der Waals surface area contributed by atoms with E-state index in [0.29, 0.717) is 0 Å². The first-order valence-corrected chi connectivity index (χ1v) is 8.79. The molecule has 21 heavy (non-hydrogen) atoms. The van der Waals surface area contributed by atoms with Gasteiger partial charge >= 0.3 is 5.97 Å². The van der Waals surface area contributed by atoms with Gasteiger partial charge in [-0.1, -0.05) is 30.2 Å². The van der Waals surface area contributed by atoms with E-state index in [1.807, 2.05) is 36.0 Å². The Morgan fingerprint density at radius 3 is 2.86 bits per heavy atom. The van der Waals surface area contributed by atoms with Crippen molar-refractivity contribution in [3.05, 3.63) is 34.9 Å². The quantitative estimate of drug-likeness (QED) is 0.640. The Morgan fingerprint density at radius 1 is 1.48 bits per heavy atom. The van der Waals surface area contributed by atoms with E-state index in [-0.39, 0.29) is 11.9 Å². The maximum absolute atomic E-state index is 11.9. The van der Waals surface area contributed by atoms with Crippen LogP contribution in [0.15, 0.2) is 24.3 Å². The smallest absolute Gasteiger partial charge is 0.326 e. The standard InChI is InChI=1S/C16H22ClNO2S/c1-20-15(19)16(18)9-2-3-13(16)8-10-21-11-12-4-6-14(17)7-5-12/h4-7,13H,2-3,8-11,18H2,1H3. The number of thioether (sulfide) groups is 1.